The SMILES string of the molecule is CC(O)C1CN(Cc2ccccc2)CC1C. The highest BCUT2D eigenvalue weighted by molar-refractivity contribution is 5.14. The van der Waals surface area contributed by atoms with Crippen LogP contribution in [0.1, 0.15) is 19.4 Å². The molecule has 0 radical (unpaired) electrons. The molecule has 0 aromatic heterocycles. The zero-order valence-corrected chi connectivity index (χ0v) is 10.1. The van der Waals surface area contributed by atoms with Gasteiger partial charge in [0.1, 0.15) is 0 Å². The molecule has 88 valence electrons. The summed E-state index contributed by atoms with van der Waals surface area (Å²) in [6.07, 6.45) is -0.184. The lowest BCUT2D eigenvalue weighted by atomic mass is 9.93. The molecular formula is C14H21NO. The number of aliphatic hydroxyl groups excluding tert-OH is 1. The van der Waals surface area contributed by atoms with Gasteiger partial charge in [0.25, 0.3) is 0 Å². The number of hydrogen-bond donors (Lipinski definition) is 1. The van der Waals surface area contributed by atoms with Gasteiger partial charge in [-0.05, 0) is 18.4 Å². The van der Waals surface area contributed by atoms with Crippen molar-refractivity contribution in [1.82, 2.24) is 4.90 Å². The van der Waals surface area contributed by atoms with Crippen LogP contribution in [0.4, 0.5) is 0 Å². The van der Waals surface area contributed by atoms with Gasteiger partial charge in [0, 0.05) is 25.6 Å². The standard InChI is InChI=1S/C14H21NO/c1-11-8-15(10-14(11)12(2)16)9-13-6-4-3-5-7-13/h3-7,11-12,14,16H,8-10H2,1-2H3. The molecule has 0 spiro atoms. The largest absolute Gasteiger partial charge is 0.393 e. The van der Waals surface area contributed by atoms with E-state index in [1.807, 2.05) is 6.92 Å². The van der Waals surface area contributed by atoms with Crippen molar-refractivity contribution in [1.29, 1.82) is 0 Å². The van der Waals surface area contributed by atoms with E-state index in [0.717, 1.165) is 19.6 Å². The van der Waals surface area contributed by atoms with E-state index in [1.165, 1.54) is 5.56 Å². The Kier molecular flexibility index (Phi) is 3.62. The topological polar surface area (TPSA) is 23.5 Å². The van der Waals surface area contributed by atoms with E-state index < -0.39 is 0 Å². The van der Waals surface area contributed by atoms with Crippen molar-refractivity contribution in [3.05, 3.63) is 35.9 Å². The highest BCUT2D eigenvalue weighted by Gasteiger charge is 2.32. The summed E-state index contributed by atoms with van der Waals surface area (Å²) in [5.41, 5.74) is 1.36. The van der Waals surface area contributed by atoms with E-state index in [-0.39, 0.29) is 6.10 Å². The summed E-state index contributed by atoms with van der Waals surface area (Å²) < 4.78 is 0. The average molecular weight is 219 g/mol. The van der Waals surface area contributed by atoms with E-state index in [1.54, 1.807) is 0 Å². The molecule has 1 aromatic rings. The van der Waals surface area contributed by atoms with Crippen LogP contribution in [0.15, 0.2) is 30.3 Å². The molecule has 2 heteroatoms. The van der Waals surface area contributed by atoms with E-state index in [2.05, 4.69) is 42.2 Å². The van der Waals surface area contributed by atoms with E-state index in [9.17, 15) is 5.11 Å². The van der Waals surface area contributed by atoms with Crippen LogP contribution in [0.2, 0.25) is 0 Å². The van der Waals surface area contributed by atoms with Gasteiger partial charge in [-0.3, -0.25) is 4.90 Å². The van der Waals surface area contributed by atoms with Crippen molar-refractivity contribution >= 4 is 0 Å². The first-order valence-electron chi connectivity index (χ1n) is 6.11. The van der Waals surface area contributed by atoms with Crippen LogP contribution in [0.25, 0.3) is 0 Å². The first kappa shape index (κ1) is 11.6. The maximum atomic E-state index is 9.68. The molecule has 0 saturated carbocycles. The summed E-state index contributed by atoms with van der Waals surface area (Å²) in [6.45, 7) is 7.28. The minimum atomic E-state index is -0.184. The third-order valence-electron chi connectivity index (χ3n) is 3.61. The van der Waals surface area contributed by atoms with Crippen LogP contribution in [-0.2, 0) is 6.54 Å². The third kappa shape index (κ3) is 2.63. The summed E-state index contributed by atoms with van der Waals surface area (Å²) in [6, 6.07) is 10.6. The van der Waals surface area contributed by atoms with Crippen LogP contribution in [0, 0.1) is 11.8 Å². The number of likely N-dealkylation sites (tertiary alicyclic amines) is 1. The van der Waals surface area contributed by atoms with Gasteiger partial charge in [0.15, 0.2) is 0 Å². The molecule has 2 nitrogen and oxygen atoms in total. The molecule has 2 rings (SSSR count). The molecule has 16 heavy (non-hydrogen) atoms. The molecule has 1 fully saturated rings. The first-order chi connectivity index (χ1) is 7.66. The summed E-state index contributed by atoms with van der Waals surface area (Å²) >= 11 is 0. The maximum Gasteiger partial charge on any atom is 0.0555 e. The Balaban J connectivity index is 1.94. The molecule has 1 aromatic carbocycles. The Morgan fingerprint density at radius 3 is 2.56 bits per heavy atom. The fourth-order valence-corrected chi connectivity index (χ4v) is 2.69. The minimum Gasteiger partial charge on any atom is -0.393 e. The van der Waals surface area contributed by atoms with Crippen molar-refractivity contribution in [3.8, 4) is 0 Å². The number of benzene rings is 1. The Bertz CT molecular complexity index is 323. The summed E-state index contributed by atoms with van der Waals surface area (Å²) in [5.74, 6) is 1.03. The zero-order valence-electron chi connectivity index (χ0n) is 10.1. The quantitative estimate of drug-likeness (QED) is 0.842. The van der Waals surface area contributed by atoms with Crippen molar-refractivity contribution < 1.29 is 5.11 Å². The zero-order chi connectivity index (χ0) is 11.5. The number of rotatable bonds is 3. The van der Waals surface area contributed by atoms with Crippen LogP contribution >= 0.6 is 0 Å². The van der Waals surface area contributed by atoms with Gasteiger partial charge >= 0.3 is 0 Å². The highest BCUT2D eigenvalue weighted by atomic mass is 16.3. The van der Waals surface area contributed by atoms with Gasteiger partial charge < -0.3 is 5.11 Å². The van der Waals surface area contributed by atoms with Gasteiger partial charge in [-0.15, -0.1) is 0 Å². The van der Waals surface area contributed by atoms with Crippen molar-refractivity contribution in [3.63, 3.8) is 0 Å². The second-order valence-electron chi connectivity index (χ2n) is 5.06. The number of nitrogens with zero attached hydrogens (tertiary/aromatic N) is 1. The summed E-state index contributed by atoms with van der Waals surface area (Å²) in [5, 5.41) is 9.68. The lowest BCUT2D eigenvalue weighted by Crippen LogP contribution is -2.24. The Morgan fingerprint density at radius 2 is 2.00 bits per heavy atom. The van der Waals surface area contributed by atoms with Crippen LogP contribution in [0.3, 0.4) is 0 Å². The molecule has 3 atom stereocenters. The predicted molar refractivity (Wildman–Crippen MR) is 66.1 cm³/mol. The Labute approximate surface area is 97.9 Å². The van der Waals surface area contributed by atoms with E-state index in [0.29, 0.717) is 11.8 Å². The smallest absolute Gasteiger partial charge is 0.0555 e. The fraction of sp³-hybridized carbons (Fsp3) is 0.571. The highest BCUT2D eigenvalue weighted by Crippen LogP contribution is 2.26. The molecule has 1 aliphatic rings. The van der Waals surface area contributed by atoms with Crippen molar-refractivity contribution in [2.75, 3.05) is 13.1 Å². The number of aliphatic hydroxyl groups is 1. The van der Waals surface area contributed by atoms with E-state index >= 15 is 0 Å². The normalized spacial score (nSPS) is 28.2. The Hall–Kier alpha value is -0.860. The molecule has 0 amide bonds. The summed E-state index contributed by atoms with van der Waals surface area (Å²) in [7, 11) is 0. The Morgan fingerprint density at radius 1 is 1.31 bits per heavy atom. The fourth-order valence-electron chi connectivity index (χ4n) is 2.69. The molecule has 3 unspecified atom stereocenters. The monoisotopic (exact) mass is 219 g/mol. The predicted octanol–water partition coefficient (Wildman–Crippen LogP) is 2.14. The van der Waals surface area contributed by atoms with E-state index in [4.69, 9.17) is 0 Å². The van der Waals surface area contributed by atoms with Crippen molar-refractivity contribution in [2.24, 2.45) is 11.8 Å². The second kappa shape index (κ2) is 4.98. The average Bonchev–Trinajstić information content (AvgIpc) is 2.61. The lowest BCUT2D eigenvalue weighted by Gasteiger charge is -2.18. The molecular weight excluding hydrogens is 198 g/mol. The molecule has 1 saturated heterocycles. The van der Waals surface area contributed by atoms with Gasteiger partial charge in [-0.2, -0.15) is 0 Å². The van der Waals surface area contributed by atoms with Gasteiger partial charge in [0.05, 0.1) is 6.10 Å². The molecule has 1 N–H and O–H groups in total. The lowest BCUT2D eigenvalue weighted by molar-refractivity contribution is 0.111. The molecule has 0 bridgehead atoms. The molecule has 1 heterocycles. The van der Waals surface area contributed by atoms with Gasteiger partial charge in [0.2, 0.25) is 0 Å². The number of hydrogen-bond acceptors (Lipinski definition) is 2. The minimum absolute atomic E-state index is 0.184. The second-order valence-corrected chi connectivity index (χ2v) is 5.06. The first-order valence-corrected chi connectivity index (χ1v) is 6.11. The molecule has 1 aliphatic heterocycles. The van der Waals surface area contributed by atoms with Crippen LogP contribution in [-0.4, -0.2) is 29.2 Å². The summed E-state index contributed by atoms with van der Waals surface area (Å²) in [4.78, 5) is 2.44. The molecule has 0 aliphatic carbocycles. The van der Waals surface area contributed by atoms with Gasteiger partial charge in [-0.25, -0.2) is 0 Å². The third-order valence-corrected chi connectivity index (χ3v) is 3.61. The van der Waals surface area contributed by atoms with Crippen molar-refractivity contribution in [2.45, 2.75) is 26.5 Å². The van der Waals surface area contributed by atoms with Crippen LogP contribution in [0.5, 0.6) is 0 Å². The van der Waals surface area contributed by atoms with Crippen LogP contribution < -0.4 is 0 Å². The van der Waals surface area contributed by atoms with Gasteiger partial charge in [-0.1, -0.05) is 37.3 Å². The maximum absolute atomic E-state index is 9.68.